The lowest BCUT2D eigenvalue weighted by Crippen LogP contribution is -2.52. The molecule has 10 heteroatoms. The summed E-state index contributed by atoms with van der Waals surface area (Å²) in [5.41, 5.74) is 1.60. The number of aromatic nitrogens is 3. The fraction of sp³-hybridized carbons (Fsp3) is 0.571. The maximum Gasteiger partial charge on any atom is 0.319 e. The van der Waals surface area contributed by atoms with Crippen LogP contribution in [0, 0.1) is 0 Å². The van der Waals surface area contributed by atoms with Gasteiger partial charge in [0, 0.05) is 24.5 Å². The van der Waals surface area contributed by atoms with Crippen molar-refractivity contribution in [2.45, 2.75) is 63.8 Å². The van der Waals surface area contributed by atoms with Crippen LogP contribution in [0.5, 0.6) is 11.5 Å². The number of nitrogens with zero attached hydrogens (tertiary/aromatic N) is 3. The Morgan fingerprint density at radius 3 is 3.00 bits per heavy atom. The van der Waals surface area contributed by atoms with E-state index in [4.69, 9.17) is 14.2 Å². The quantitative estimate of drug-likeness (QED) is 0.585. The zero-order valence-corrected chi connectivity index (χ0v) is 17.6. The zero-order valence-electron chi connectivity index (χ0n) is 17.6. The average molecular weight is 431 g/mol. The number of carbonyl (C=O) groups is 1. The summed E-state index contributed by atoms with van der Waals surface area (Å²) >= 11 is 0. The standard InChI is InChI=1S/C21H29N5O5/c1-2-3-15-11-26(25-24-15)9-8-16-5-6-17(20(12-27)31-16)23-21(28)22-14-4-7-18-19(10-14)30-13-29-18/h4,7,10-11,16-17,20,27H,2-3,5-6,8-9,12-13H2,1H3,(H2,22,23,28)/t16-,17+,20+/m0/s1. The smallest absolute Gasteiger partial charge is 0.319 e. The number of carbonyl (C=O) groups excluding carboxylic acids is 1. The van der Waals surface area contributed by atoms with Gasteiger partial charge in [0.05, 0.1) is 24.4 Å². The lowest BCUT2D eigenvalue weighted by atomic mass is 9.97. The molecule has 1 aromatic heterocycles. The summed E-state index contributed by atoms with van der Waals surface area (Å²) in [5.74, 6) is 1.26. The highest BCUT2D eigenvalue weighted by Crippen LogP contribution is 2.34. The van der Waals surface area contributed by atoms with Crippen molar-refractivity contribution in [2.24, 2.45) is 0 Å². The summed E-state index contributed by atoms with van der Waals surface area (Å²) in [6.45, 7) is 2.85. The van der Waals surface area contributed by atoms with Crippen LogP contribution >= 0.6 is 0 Å². The van der Waals surface area contributed by atoms with Gasteiger partial charge in [0.2, 0.25) is 6.79 Å². The molecule has 1 saturated heterocycles. The predicted octanol–water partition coefficient (Wildman–Crippen LogP) is 2.08. The third-order valence-electron chi connectivity index (χ3n) is 5.51. The Bertz CT molecular complexity index is 889. The van der Waals surface area contributed by atoms with E-state index in [9.17, 15) is 9.90 Å². The fourth-order valence-electron chi connectivity index (χ4n) is 3.91. The highest BCUT2D eigenvalue weighted by Gasteiger charge is 2.32. The van der Waals surface area contributed by atoms with Crippen LogP contribution in [-0.4, -0.2) is 57.8 Å². The van der Waals surface area contributed by atoms with Gasteiger partial charge in [-0.15, -0.1) is 5.10 Å². The van der Waals surface area contributed by atoms with Crippen LogP contribution in [0.4, 0.5) is 10.5 Å². The molecule has 2 amide bonds. The summed E-state index contributed by atoms with van der Waals surface area (Å²) in [5, 5.41) is 23.8. The SMILES string of the molecule is CCCc1cn(CC[C@@H]2CC[C@@H](NC(=O)Nc3ccc4c(c3)OCO4)[C@@H](CO)O2)nn1. The average Bonchev–Trinajstić information content (AvgIpc) is 3.42. The van der Waals surface area contributed by atoms with E-state index in [-0.39, 0.29) is 31.6 Å². The second-order valence-corrected chi connectivity index (χ2v) is 7.84. The topological polar surface area (TPSA) is 120 Å². The molecular formula is C21H29N5O5. The molecule has 168 valence electrons. The number of nitrogens with one attached hydrogen (secondary N) is 2. The Morgan fingerprint density at radius 1 is 1.29 bits per heavy atom. The second-order valence-electron chi connectivity index (χ2n) is 7.84. The number of hydrogen-bond acceptors (Lipinski definition) is 7. The van der Waals surface area contributed by atoms with Crippen molar-refractivity contribution in [3.8, 4) is 11.5 Å². The van der Waals surface area contributed by atoms with E-state index in [0.717, 1.165) is 37.8 Å². The first kappa shape index (κ1) is 21.4. The molecule has 3 N–H and O–H groups in total. The third-order valence-corrected chi connectivity index (χ3v) is 5.51. The molecule has 31 heavy (non-hydrogen) atoms. The van der Waals surface area contributed by atoms with Gasteiger partial charge in [0.15, 0.2) is 11.5 Å². The number of urea groups is 1. The number of hydrogen-bond donors (Lipinski definition) is 3. The molecule has 10 nitrogen and oxygen atoms in total. The minimum absolute atomic E-state index is 0.00551. The van der Waals surface area contributed by atoms with Gasteiger partial charge in [-0.2, -0.15) is 0 Å². The fourth-order valence-corrected chi connectivity index (χ4v) is 3.91. The van der Waals surface area contributed by atoms with E-state index in [2.05, 4.69) is 27.9 Å². The Balaban J connectivity index is 1.24. The number of ether oxygens (including phenoxy) is 3. The maximum absolute atomic E-state index is 12.4. The van der Waals surface area contributed by atoms with Gasteiger partial charge in [-0.25, -0.2) is 4.79 Å². The van der Waals surface area contributed by atoms with Crippen LogP contribution < -0.4 is 20.1 Å². The molecule has 0 saturated carbocycles. The Morgan fingerprint density at radius 2 is 2.16 bits per heavy atom. The van der Waals surface area contributed by atoms with Crippen molar-refractivity contribution >= 4 is 11.7 Å². The maximum atomic E-state index is 12.4. The van der Waals surface area contributed by atoms with Crippen LogP contribution in [0.3, 0.4) is 0 Å². The van der Waals surface area contributed by atoms with E-state index in [0.29, 0.717) is 23.7 Å². The molecule has 3 heterocycles. The molecule has 0 unspecified atom stereocenters. The van der Waals surface area contributed by atoms with Gasteiger partial charge in [-0.3, -0.25) is 4.68 Å². The molecule has 0 aliphatic carbocycles. The molecule has 1 fully saturated rings. The second kappa shape index (κ2) is 9.97. The first-order valence-electron chi connectivity index (χ1n) is 10.8. The number of aryl methyl sites for hydroxylation is 2. The van der Waals surface area contributed by atoms with E-state index < -0.39 is 6.10 Å². The molecule has 2 aliphatic heterocycles. The minimum atomic E-state index is -0.451. The number of fused-ring (bicyclic) bond motifs is 1. The van der Waals surface area contributed by atoms with E-state index in [1.807, 2.05) is 10.9 Å². The monoisotopic (exact) mass is 431 g/mol. The van der Waals surface area contributed by atoms with Crippen molar-refractivity contribution in [1.82, 2.24) is 20.3 Å². The van der Waals surface area contributed by atoms with E-state index >= 15 is 0 Å². The van der Waals surface area contributed by atoms with Crippen LogP contribution in [0.2, 0.25) is 0 Å². The van der Waals surface area contributed by atoms with Crippen molar-refractivity contribution in [2.75, 3.05) is 18.7 Å². The number of amides is 2. The molecule has 0 bridgehead atoms. The van der Waals surface area contributed by atoms with Gasteiger partial charge in [-0.1, -0.05) is 18.6 Å². The van der Waals surface area contributed by atoms with E-state index in [1.165, 1.54) is 0 Å². The largest absolute Gasteiger partial charge is 0.454 e. The lowest BCUT2D eigenvalue weighted by molar-refractivity contribution is -0.0905. The molecule has 4 rings (SSSR count). The number of anilines is 1. The Hall–Kier alpha value is -2.85. The highest BCUT2D eigenvalue weighted by atomic mass is 16.7. The summed E-state index contributed by atoms with van der Waals surface area (Å²) in [4.78, 5) is 12.4. The van der Waals surface area contributed by atoms with Gasteiger partial charge >= 0.3 is 6.03 Å². The molecule has 2 aromatic rings. The number of aliphatic hydroxyl groups excluding tert-OH is 1. The van der Waals surface area contributed by atoms with Crippen LogP contribution in [-0.2, 0) is 17.7 Å². The summed E-state index contributed by atoms with van der Waals surface area (Å²) in [6, 6.07) is 4.60. The summed E-state index contributed by atoms with van der Waals surface area (Å²) < 4.78 is 18.5. The Kier molecular flexibility index (Phi) is 6.88. The molecule has 2 aliphatic rings. The molecule has 0 spiro atoms. The lowest BCUT2D eigenvalue weighted by Gasteiger charge is -2.36. The van der Waals surface area contributed by atoms with Crippen LogP contribution in [0.1, 0.15) is 38.3 Å². The molecule has 0 radical (unpaired) electrons. The summed E-state index contributed by atoms with van der Waals surface area (Å²) in [7, 11) is 0. The molecule has 1 aromatic carbocycles. The van der Waals surface area contributed by atoms with Crippen molar-refractivity contribution < 1.29 is 24.1 Å². The van der Waals surface area contributed by atoms with Crippen molar-refractivity contribution in [3.05, 3.63) is 30.1 Å². The zero-order chi connectivity index (χ0) is 21.6. The number of rotatable bonds is 8. The third kappa shape index (κ3) is 5.45. The molecular weight excluding hydrogens is 402 g/mol. The van der Waals surface area contributed by atoms with Crippen molar-refractivity contribution in [1.29, 1.82) is 0 Å². The predicted molar refractivity (Wildman–Crippen MR) is 112 cm³/mol. The van der Waals surface area contributed by atoms with Gasteiger partial charge < -0.3 is 30.0 Å². The van der Waals surface area contributed by atoms with Crippen LogP contribution in [0.25, 0.3) is 0 Å². The van der Waals surface area contributed by atoms with Crippen LogP contribution in [0.15, 0.2) is 24.4 Å². The molecule has 3 atom stereocenters. The van der Waals surface area contributed by atoms with Gasteiger partial charge in [0.1, 0.15) is 6.10 Å². The first-order valence-corrected chi connectivity index (χ1v) is 10.8. The van der Waals surface area contributed by atoms with Crippen molar-refractivity contribution in [3.63, 3.8) is 0 Å². The normalized spacial score (nSPS) is 22.3. The number of benzene rings is 1. The highest BCUT2D eigenvalue weighted by molar-refractivity contribution is 5.90. The summed E-state index contributed by atoms with van der Waals surface area (Å²) in [6.07, 6.45) is 5.79. The first-order chi connectivity index (χ1) is 15.1. The number of aliphatic hydroxyl groups is 1. The minimum Gasteiger partial charge on any atom is -0.454 e. The Labute approximate surface area is 180 Å². The van der Waals surface area contributed by atoms with Gasteiger partial charge in [0.25, 0.3) is 0 Å². The van der Waals surface area contributed by atoms with Gasteiger partial charge in [-0.05, 0) is 37.8 Å². The van der Waals surface area contributed by atoms with E-state index in [1.54, 1.807) is 18.2 Å².